The van der Waals surface area contributed by atoms with E-state index in [-0.39, 0.29) is 17.9 Å². The van der Waals surface area contributed by atoms with Crippen molar-refractivity contribution in [2.45, 2.75) is 31.7 Å². The molecule has 0 aromatic carbocycles. The quantitative estimate of drug-likeness (QED) is 0.840. The monoisotopic (exact) mass is 368 g/mol. The molecule has 0 radical (unpaired) electrons. The molecule has 8 nitrogen and oxygen atoms in total. The lowest BCUT2D eigenvalue weighted by molar-refractivity contribution is -0.140. The number of rotatable bonds is 4. The Balaban J connectivity index is 1.42. The summed E-state index contributed by atoms with van der Waals surface area (Å²) >= 11 is 0. The number of nitrogens with zero attached hydrogens (tertiary/aromatic N) is 4. The molecule has 0 saturated carbocycles. The van der Waals surface area contributed by atoms with Crippen LogP contribution in [0.5, 0.6) is 0 Å². The molecule has 2 amide bonds. The highest BCUT2D eigenvalue weighted by Gasteiger charge is 2.40. The summed E-state index contributed by atoms with van der Waals surface area (Å²) in [6.07, 6.45) is 7.99. The number of piperidine rings is 2. The SMILES string of the molecule is Nc1cc(C(=O)N2CC[C@@H]3[C@@H](CCC(=O)N3CCc3cnc[nH]3)C2)ccn1. The van der Waals surface area contributed by atoms with E-state index >= 15 is 0 Å². The number of aromatic amines is 1. The Bertz CT molecular complexity index is 821. The van der Waals surface area contributed by atoms with Gasteiger partial charge in [-0.2, -0.15) is 0 Å². The van der Waals surface area contributed by atoms with Gasteiger partial charge in [0.15, 0.2) is 0 Å². The number of nitrogen functional groups attached to an aromatic ring is 1. The molecule has 4 heterocycles. The van der Waals surface area contributed by atoms with E-state index in [1.807, 2.05) is 9.80 Å². The van der Waals surface area contributed by atoms with E-state index in [0.717, 1.165) is 25.0 Å². The normalized spacial score (nSPS) is 22.6. The molecule has 142 valence electrons. The van der Waals surface area contributed by atoms with Crippen molar-refractivity contribution in [3.05, 3.63) is 42.1 Å². The van der Waals surface area contributed by atoms with Crippen LogP contribution in [0.15, 0.2) is 30.9 Å². The number of hydrogen-bond donors (Lipinski definition) is 2. The second-order valence-corrected chi connectivity index (χ2v) is 7.29. The van der Waals surface area contributed by atoms with Crippen molar-refractivity contribution in [3.8, 4) is 0 Å². The van der Waals surface area contributed by atoms with Crippen molar-refractivity contribution in [1.29, 1.82) is 0 Å². The molecule has 2 aliphatic heterocycles. The minimum Gasteiger partial charge on any atom is -0.384 e. The zero-order chi connectivity index (χ0) is 18.8. The maximum atomic E-state index is 12.8. The van der Waals surface area contributed by atoms with E-state index in [9.17, 15) is 9.59 Å². The Hall–Kier alpha value is -2.90. The third-order valence-electron chi connectivity index (χ3n) is 5.64. The summed E-state index contributed by atoms with van der Waals surface area (Å²) < 4.78 is 0. The zero-order valence-corrected chi connectivity index (χ0v) is 15.2. The molecule has 0 unspecified atom stereocenters. The molecule has 27 heavy (non-hydrogen) atoms. The predicted molar refractivity (Wildman–Crippen MR) is 99.7 cm³/mol. The average Bonchev–Trinajstić information content (AvgIpc) is 3.20. The van der Waals surface area contributed by atoms with Gasteiger partial charge < -0.3 is 20.5 Å². The number of carbonyl (C=O) groups is 2. The maximum Gasteiger partial charge on any atom is 0.254 e. The molecule has 0 spiro atoms. The minimum atomic E-state index is -0.0107. The van der Waals surface area contributed by atoms with Gasteiger partial charge in [-0.05, 0) is 30.9 Å². The number of pyridine rings is 1. The van der Waals surface area contributed by atoms with Crippen molar-refractivity contribution in [2.24, 2.45) is 5.92 Å². The molecule has 2 aliphatic rings. The first-order valence-electron chi connectivity index (χ1n) is 9.39. The van der Waals surface area contributed by atoms with Gasteiger partial charge in [-0.1, -0.05) is 0 Å². The molecule has 4 rings (SSSR count). The summed E-state index contributed by atoms with van der Waals surface area (Å²) in [5.41, 5.74) is 7.31. The molecular formula is C19H24N6O2. The fraction of sp³-hybridized carbons (Fsp3) is 0.474. The van der Waals surface area contributed by atoms with Crippen molar-refractivity contribution >= 4 is 17.6 Å². The maximum absolute atomic E-state index is 12.8. The zero-order valence-electron chi connectivity index (χ0n) is 15.2. The number of fused-ring (bicyclic) bond motifs is 1. The van der Waals surface area contributed by atoms with Crippen LogP contribution in [-0.2, 0) is 11.2 Å². The first-order chi connectivity index (χ1) is 13.1. The van der Waals surface area contributed by atoms with Crippen LogP contribution in [0.3, 0.4) is 0 Å². The molecular weight excluding hydrogens is 344 g/mol. The lowest BCUT2D eigenvalue weighted by Gasteiger charge is -2.47. The molecule has 2 aromatic rings. The fourth-order valence-corrected chi connectivity index (χ4v) is 4.25. The summed E-state index contributed by atoms with van der Waals surface area (Å²) in [5.74, 6) is 0.881. The van der Waals surface area contributed by atoms with Crippen LogP contribution in [0.25, 0.3) is 0 Å². The largest absolute Gasteiger partial charge is 0.384 e. The number of anilines is 1. The highest BCUT2D eigenvalue weighted by molar-refractivity contribution is 5.94. The standard InChI is InChI=1S/C19H24N6O2/c20-17-9-13(3-6-22-17)19(27)24-7-5-16-14(11-24)1-2-18(26)25(16)8-4-15-10-21-12-23-15/h3,6,9-10,12,14,16H,1-2,4-5,7-8,11H2,(H2,20,22)(H,21,23)/t14-,16+/m0/s1. The van der Waals surface area contributed by atoms with Crippen molar-refractivity contribution < 1.29 is 9.59 Å². The van der Waals surface area contributed by atoms with E-state index < -0.39 is 0 Å². The third-order valence-corrected chi connectivity index (χ3v) is 5.64. The Labute approximate surface area is 157 Å². The smallest absolute Gasteiger partial charge is 0.254 e. The average molecular weight is 368 g/mol. The summed E-state index contributed by atoms with van der Waals surface area (Å²) in [5, 5.41) is 0. The van der Waals surface area contributed by atoms with E-state index in [1.54, 1.807) is 30.9 Å². The molecule has 2 atom stereocenters. The number of aromatic nitrogens is 3. The number of imidazole rings is 1. The topological polar surface area (TPSA) is 108 Å². The Morgan fingerprint density at radius 1 is 1.37 bits per heavy atom. The Kier molecular flexibility index (Phi) is 4.79. The lowest BCUT2D eigenvalue weighted by atomic mass is 9.83. The third kappa shape index (κ3) is 3.65. The second-order valence-electron chi connectivity index (χ2n) is 7.29. The summed E-state index contributed by atoms with van der Waals surface area (Å²) in [6, 6.07) is 3.53. The number of amides is 2. The molecule has 0 bridgehead atoms. The van der Waals surface area contributed by atoms with Crippen LogP contribution in [0.1, 0.15) is 35.3 Å². The number of nitrogens with two attached hydrogens (primary N) is 1. The molecule has 2 fully saturated rings. The van der Waals surface area contributed by atoms with Crippen LogP contribution < -0.4 is 5.73 Å². The van der Waals surface area contributed by atoms with Crippen LogP contribution in [0, 0.1) is 5.92 Å². The van der Waals surface area contributed by atoms with E-state index in [0.29, 0.717) is 43.4 Å². The van der Waals surface area contributed by atoms with Crippen LogP contribution in [0.2, 0.25) is 0 Å². The summed E-state index contributed by atoms with van der Waals surface area (Å²) in [7, 11) is 0. The van der Waals surface area contributed by atoms with Gasteiger partial charge in [-0.15, -0.1) is 0 Å². The molecule has 0 aliphatic carbocycles. The Morgan fingerprint density at radius 2 is 2.26 bits per heavy atom. The van der Waals surface area contributed by atoms with E-state index in [2.05, 4.69) is 15.0 Å². The van der Waals surface area contributed by atoms with Gasteiger partial charge >= 0.3 is 0 Å². The summed E-state index contributed by atoms with van der Waals surface area (Å²) in [4.78, 5) is 40.3. The van der Waals surface area contributed by atoms with Gasteiger partial charge in [0.1, 0.15) is 5.82 Å². The van der Waals surface area contributed by atoms with Gasteiger partial charge in [0, 0.05) is 62.2 Å². The number of likely N-dealkylation sites (tertiary alicyclic amines) is 2. The molecule has 2 saturated heterocycles. The highest BCUT2D eigenvalue weighted by Crippen LogP contribution is 2.32. The van der Waals surface area contributed by atoms with Crippen molar-refractivity contribution in [1.82, 2.24) is 24.8 Å². The minimum absolute atomic E-state index is 0.0107. The lowest BCUT2D eigenvalue weighted by Crippen LogP contribution is -2.57. The van der Waals surface area contributed by atoms with Gasteiger partial charge in [0.25, 0.3) is 5.91 Å². The fourth-order valence-electron chi connectivity index (χ4n) is 4.25. The van der Waals surface area contributed by atoms with Gasteiger partial charge in [0.2, 0.25) is 5.91 Å². The molecule has 2 aromatic heterocycles. The van der Waals surface area contributed by atoms with Crippen molar-refractivity contribution in [3.63, 3.8) is 0 Å². The number of nitrogens with one attached hydrogen (secondary N) is 1. The van der Waals surface area contributed by atoms with Gasteiger partial charge in [0.05, 0.1) is 6.33 Å². The highest BCUT2D eigenvalue weighted by atomic mass is 16.2. The first kappa shape index (κ1) is 17.5. The second kappa shape index (κ2) is 7.38. The van der Waals surface area contributed by atoms with Gasteiger partial charge in [-0.3, -0.25) is 9.59 Å². The number of hydrogen-bond acceptors (Lipinski definition) is 5. The number of H-pyrrole nitrogens is 1. The van der Waals surface area contributed by atoms with Crippen LogP contribution in [0.4, 0.5) is 5.82 Å². The van der Waals surface area contributed by atoms with Crippen LogP contribution >= 0.6 is 0 Å². The van der Waals surface area contributed by atoms with Gasteiger partial charge in [-0.25, -0.2) is 9.97 Å². The number of carbonyl (C=O) groups excluding carboxylic acids is 2. The van der Waals surface area contributed by atoms with E-state index in [4.69, 9.17) is 5.73 Å². The van der Waals surface area contributed by atoms with Crippen LogP contribution in [-0.4, -0.2) is 62.2 Å². The van der Waals surface area contributed by atoms with Crippen molar-refractivity contribution in [2.75, 3.05) is 25.4 Å². The summed E-state index contributed by atoms with van der Waals surface area (Å²) in [6.45, 7) is 2.02. The molecule has 8 heteroatoms. The Morgan fingerprint density at radius 3 is 3.04 bits per heavy atom. The predicted octanol–water partition coefficient (Wildman–Crippen LogP) is 1.08. The van der Waals surface area contributed by atoms with E-state index in [1.165, 1.54) is 0 Å². The first-order valence-corrected chi connectivity index (χ1v) is 9.39. The molecule has 3 N–H and O–H groups in total.